The molecule has 1 N–H and O–H groups in total. The number of hydrogen-bond acceptors (Lipinski definition) is 3. The molecule has 1 aliphatic carbocycles. The summed E-state index contributed by atoms with van der Waals surface area (Å²) in [6.07, 6.45) is 4.19. The zero-order valence-electron chi connectivity index (χ0n) is 12.5. The molecule has 1 amide bonds. The van der Waals surface area contributed by atoms with Gasteiger partial charge >= 0.3 is 5.97 Å². The van der Waals surface area contributed by atoms with E-state index in [0.29, 0.717) is 18.8 Å². The highest BCUT2D eigenvalue weighted by atomic mass is 16.4. The van der Waals surface area contributed by atoms with Crippen molar-refractivity contribution in [1.29, 1.82) is 0 Å². The number of carboxylic acids is 1. The first-order valence-electron chi connectivity index (χ1n) is 7.63. The highest BCUT2D eigenvalue weighted by Gasteiger charge is 2.35. The Bertz CT molecular complexity index is 364. The van der Waals surface area contributed by atoms with E-state index >= 15 is 0 Å². The van der Waals surface area contributed by atoms with E-state index in [1.54, 1.807) is 0 Å². The zero-order valence-corrected chi connectivity index (χ0v) is 12.5. The zero-order chi connectivity index (χ0) is 14.7. The third-order valence-electron chi connectivity index (χ3n) is 4.88. The number of rotatable bonds is 4. The topological polar surface area (TPSA) is 60.9 Å². The molecule has 1 aliphatic heterocycles. The van der Waals surface area contributed by atoms with Crippen molar-refractivity contribution < 1.29 is 14.7 Å². The predicted molar refractivity (Wildman–Crippen MR) is 76.3 cm³/mol. The van der Waals surface area contributed by atoms with Gasteiger partial charge in [0.05, 0.1) is 5.92 Å². The molecule has 2 atom stereocenters. The molecule has 0 aromatic carbocycles. The first-order valence-corrected chi connectivity index (χ1v) is 7.63. The summed E-state index contributed by atoms with van der Waals surface area (Å²) in [4.78, 5) is 27.5. The molecule has 2 aliphatic rings. The standard InChI is InChI=1S/C15H26N2O3/c1-16-7-5-11(6-8-16)10-17(2)14(18)12-3-4-13(9-12)15(19)20/h11-13H,3-10H2,1-2H3,(H,19,20)/t12-,13+/m1/s1. The van der Waals surface area contributed by atoms with Gasteiger partial charge in [-0.2, -0.15) is 0 Å². The van der Waals surface area contributed by atoms with Crippen LogP contribution in [0.4, 0.5) is 0 Å². The fraction of sp³-hybridized carbons (Fsp3) is 0.867. The van der Waals surface area contributed by atoms with Gasteiger partial charge in [-0.15, -0.1) is 0 Å². The second kappa shape index (κ2) is 6.57. The average molecular weight is 282 g/mol. The summed E-state index contributed by atoms with van der Waals surface area (Å²) >= 11 is 0. The Kier molecular flexibility index (Phi) is 5.02. The monoisotopic (exact) mass is 282 g/mol. The highest BCUT2D eigenvalue weighted by Crippen LogP contribution is 2.32. The van der Waals surface area contributed by atoms with Crippen LogP contribution in [0.3, 0.4) is 0 Å². The van der Waals surface area contributed by atoms with Crippen LogP contribution in [0, 0.1) is 17.8 Å². The molecular formula is C15H26N2O3. The van der Waals surface area contributed by atoms with E-state index in [1.165, 1.54) is 0 Å². The van der Waals surface area contributed by atoms with E-state index in [0.717, 1.165) is 38.9 Å². The van der Waals surface area contributed by atoms with Crippen LogP contribution >= 0.6 is 0 Å². The molecule has 0 aromatic heterocycles. The minimum atomic E-state index is -0.752. The largest absolute Gasteiger partial charge is 0.481 e. The molecule has 114 valence electrons. The summed E-state index contributed by atoms with van der Waals surface area (Å²) in [7, 11) is 4.00. The number of hydrogen-bond donors (Lipinski definition) is 1. The molecule has 2 rings (SSSR count). The van der Waals surface area contributed by atoms with Crippen LogP contribution in [0.15, 0.2) is 0 Å². The molecule has 0 bridgehead atoms. The molecule has 0 spiro atoms. The van der Waals surface area contributed by atoms with Gasteiger partial charge in [0.25, 0.3) is 0 Å². The minimum Gasteiger partial charge on any atom is -0.481 e. The van der Waals surface area contributed by atoms with Gasteiger partial charge in [0, 0.05) is 19.5 Å². The quantitative estimate of drug-likeness (QED) is 0.844. The van der Waals surface area contributed by atoms with Crippen molar-refractivity contribution in [2.75, 3.05) is 33.7 Å². The molecule has 1 saturated heterocycles. The SMILES string of the molecule is CN1CCC(CN(C)C(=O)[C@@H]2CC[C@H](C(=O)O)C2)CC1. The fourth-order valence-electron chi connectivity index (χ4n) is 3.46. The van der Waals surface area contributed by atoms with Crippen molar-refractivity contribution >= 4 is 11.9 Å². The van der Waals surface area contributed by atoms with E-state index in [9.17, 15) is 9.59 Å². The maximum atomic E-state index is 12.4. The summed E-state index contributed by atoms with van der Waals surface area (Å²) in [6.45, 7) is 3.04. The van der Waals surface area contributed by atoms with Crippen molar-refractivity contribution in [3.8, 4) is 0 Å². The summed E-state index contributed by atoms with van der Waals surface area (Å²) in [6, 6.07) is 0. The molecule has 2 fully saturated rings. The molecule has 0 radical (unpaired) electrons. The van der Waals surface area contributed by atoms with Crippen LogP contribution in [0.1, 0.15) is 32.1 Å². The average Bonchev–Trinajstić information content (AvgIpc) is 2.90. The van der Waals surface area contributed by atoms with E-state index in [1.807, 2.05) is 11.9 Å². The number of carbonyl (C=O) groups excluding carboxylic acids is 1. The van der Waals surface area contributed by atoms with E-state index in [2.05, 4.69) is 11.9 Å². The number of amides is 1. The summed E-state index contributed by atoms with van der Waals surface area (Å²) in [5.41, 5.74) is 0. The normalized spacial score (nSPS) is 28.5. The molecule has 5 heteroatoms. The third-order valence-corrected chi connectivity index (χ3v) is 4.88. The molecule has 0 unspecified atom stereocenters. The Hall–Kier alpha value is -1.10. The number of nitrogens with zero attached hydrogens (tertiary/aromatic N) is 2. The van der Waals surface area contributed by atoms with Gasteiger partial charge < -0.3 is 14.9 Å². The summed E-state index contributed by atoms with van der Waals surface area (Å²) in [5, 5.41) is 9.01. The van der Waals surface area contributed by atoms with Crippen LogP contribution in [0.5, 0.6) is 0 Å². The van der Waals surface area contributed by atoms with Gasteiger partial charge in [0.2, 0.25) is 5.91 Å². The summed E-state index contributed by atoms with van der Waals surface area (Å²) in [5.74, 6) is -0.407. The summed E-state index contributed by atoms with van der Waals surface area (Å²) < 4.78 is 0. The highest BCUT2D eigenvalue weighted by molar-refractivity contribution is 5.80. The third kappa shape index (κ3) is 3.72. The Morgan fingerprint density at radius 3 is 2.30 bits per heavy atom. The van der Waals surface area contributed by atoms with Gasteiger partial charge in [-0.1, -0.05) is 0 Å². The Balaban J connectivity index is 1.79. The lowest BCUT2D eigenvalue weighted by molar-refractivity contribution is -0.141. The van der Waals surface area contributed by atoms with Gasteiger partial charge in [-0.3, -0.25) is 9.59 Å². The molecule has 0 aromatic rings. The first kappa shape index (κ1) is 15.3. The van der Waals surface area contributed by atoms with Crippen LogP contribution in [-0.2, 0) is 9.59 Å². The molecule has 20 heavy (non-hydrogen) atoms. The van der Waals surface area contributed by atoms with Gasteiger partial charge in [0.15, 0.2) is 0 Å². The lowest BCUT2D eigenvalue weighted by Crippen LogP contribution is -2.39. The Morgan fingerprint density at radius 2 is 1.75 bits per heavy atom. The maximum Gasteiger partial charge on any atom is 0.306 e. The van der Waals surface area contributed by atoms with Crippen molar-refractivity contribution in [2.45, 2.75) is 32.1 Å². The second-order valence-corrected chi connectivity index (χ2v) is 6.51. The number of carbonyl (C=O) groups is 2. The van der Waals surface area contributed by atoms with Gasteiger partial charge in [-0.25, -0.2) is 0 Å². The lowest BCUT2D eigenvalue weighted by Gasteiger charge is -2.32. The van der Waals surface area contributed by atoms with E-state index < -0.39 is 5.97 Å². The fourth-order valence-corrected chi connectivity index (χ4v) is 3.46. The molecular weight excluding hydrogens is 256 g/mol. The number of aliphatic carboxylic acids is 1. The molecule has 5 nitrogen and oxygen atoms in total. The van der Waals surface area contributed by atoms with E-state index in [-0.39, 0.29) is 17.7 Å². The number of carboxylic acid groups (broad SMARTS) is 1. The van der Waals surface area contributed by atoms with Crippen LogP contribution in [0.25, 0.3) is 0 Å². The first-order chi connectivity index (χ1) is 9.47. The smallest absolute Gasteiger partial charge is 0.306 e. The van der Waals surface area contributed by atoms with Crippen molar-refractivity contribution in [3.05, 3.63) is 0 Å². The number of likely N-dealkylation sites (tertiary alicyclic amines) is 1. The molecule has 1 saturated carbocycles. The maximum absolute atomic E-state index is 12.4. The predicted octanol–water partition coefficient (Wildman–Crippen LogP) is 1.29. The lowest BCUT2D eigenvalue weighted by atomic mass is 9.96. The Morgan fingerprint density at radius 1 is 1.15 bits per heavy atom. The second-order valence-electron chi connectivity index (χ2n) is 6.51. The number of piperidine rings is 1. The van der Waals surface area contributed by atoms with E-state index in [4.69, 9.17) is 5.11 Å². The van der Waals surface area contributed by atoms with Gasteiger partial charge in [-0.05, 0) is 58.2 Å². The van der Waals surface area contributed by atoms with Gasteiger partial charge in [0.1, 0.15) is 0 Å². The van der Waals surface area contributed by atoms with Crippen molar-refractivity contribution in [3.63, 3.8) is 0 Å². The van der Waals surface area contributed by atoms with Crippen molar-refractivity contribution in [2.24, 2.45) is 17.8 Å². The Labute approximate surface area is 120 Å². The van der Waals surface area contributed by atoms with Crippen molar-refractivity contribution in [1.82, 2.24) is 9.80 Å². The van der Waals surface area contributed by atoms with Crippen LogP contribution < -0.4 is 0 Å². The van der Waals surface area contributed by atoms with Crippen LogP contribution in [-0.4, -0.2) is 60.5 Å². The van der Waals surface area contributed by atoms with Crippen LogP contribution in [0.2, 0.25) is 0 Å². The minimum absolute atomic E-state index is 0.0765. The molecule has 1 heterocycles.